The Kier molecular flexibility index (Phi) is 5.24. The van der Waals surface area contributed by atoms with Crippen molar-refractivity contribution in [2.24, 2.45) is 10.8 Å². The van der Waals surface area contributed by atoms with Crippen LogP contribution < -0.4 is 11.2 Å². The lowest BCUT2D eigenvalue weighted by Gasteiger charge is -1.99. The molecule has 0 spiro atoms. The van der Waals surface area contributed by atoms with Crippen molar-refractivity contribution in [3.8, 4) is 11.3 Å². The largest absolute Gasteiger partial charge is 0.375 e. The van der Waals surface area contributed by atoms with E-state index in [1.807, 2.05) is 36.4 Å². The summed E-state index contributed by atoms with van der Waals surface area (Å²) in [5.74, 6) is 0.800. The van der Waals surface area contributed by atoms with Gasteiger partial charge in [0.2, 0.25) is 4.96 Å². The molecule has 0 aliphatic rings. The van der Waals surface area contributed by atoms with Crippen LogP contribution in [0.5, 0.6) is 0 Å². The summed E-state index contributed by atoms with van der Waals surface area (Å²) in [6, 6.07) is 9.90. The molecule has 0 amide bonds. The highest BCUT2D eigenvalue weighted by molar-refractivity contribution is 8.01. The van der Waals surface area contributed by atoms with Crippen LogP contribution in [0.2, 0.25) is 0 Å². The van der Waals surface area contributed by atoms with E-state index in [1.165, 1.54) is 11.3 Å². The number of nitrogens with two attached hydrogens (primary N) is 1. The summed E-state index contributed by atoms with van der Waals surface area (Å²) in [6.07, 6.45) is 3.47. The molecule has 0 radical (unpaired) electrons. The average molecular weight is 375 g/mol. The van der Waals surface area contributed by atoms with Gasteiger partial charge in [-0.25, -0.2) is 9.50 Å². The fourth-order valence-electron chi connectivity index (χ4n) is 2.02. The lowest BCUT2D eigenvalue weighted by atomic mass is 10.1. The van der Waals surface area contributed by atoms with Crippen LogP contribution in [0.25, 0.3) is 16.2 Å². The molecule has 0 unspecified atom stereocenters. The van der Waals surface area contributed by atoms with E-state index in [0.29, 0.717) is 0 Å². The third kappa shape index (κ3) is 3.64. The second-order valence-corrected chi connectivity index (χ2v) is 7.27. The van der Waals surface area contributed by atoms with Crippen LogP contribution in [0.4, 0.5) is 0 Å². The number of thioether (sulfide) groups is 1. The fourth-order valence-corrected chi connectivity index (χ4v) is 3.77. The standard InChI is InChI=1S/C15H14N6S3/c1-2-8-23-15-20-21-11(9-17-19-13(16)22)12(18-14(21)24-15)10-6-4-3-5-7-10/h2-7,9H,1,8H2,(H3,16,19,22)/b17-9+. The highest BCUT2D eigenvalue weighted by atomic mass is 32.2. The summed E-state index contributed by atoms with van der Waals surface area (Å²) in [4.78, 5) is 5.51. The molecule has 0 aliphatic heterocycles. The zero-order valence-corrected chi connectivity index (χ0v) is 15.0. The van der Waals surface area contributed by atoms with Gasteiger partial charge in [0.15, 0.2) is 9.45 Å². The highest BCUT2D eigenvalue weighted by Crippen LogP contribution is 2.29. The minimum absolute atomic E-state index is 0.105. The van der Waals surface area contributed by atoms with Crippen molar-refractivity contribution in [3.05, 3.63) is 48.7 Å². The first-order valence-corrected chi connectivity index (χ1v) is 9.17. The monoisotopic (exact) mass is 374 g/mol. The highest BCUT2D eigenvalue weighted by Gasteiger charge is 2.16. The van der Waals surface area contributed by atoms with Gasteiger partial charge in [0.05, 0.1) is 6.21 Å². The Morgan fingerprint density at radius 3 is 2.96 bits per heavy atom. The summed E-state index contributed by atoms with van der Waals surface area (Å²) in [7, 11) is 0. The molecule has 24 heavy (non-hydrogen) atoms. The molecular formula is C15H14N6S3. The van der Waals surface area contributed by atoms with Gasteiger partial charge in [-0.05, 0) is 12.2 Å². The molecule has 2 aromatic heterocycles. The lowest BCUT2D eigenvalue weighted by Crippen LogP contribution is -2.24. The van der Waals surface area contributed by atoms with Crippen LogP contribution in [0.1, 0.15) is 5.69 Å². The Balaban J connectivity index is 2.06. The quantitative estimate of drug-likeness (QED) is 0.227. The first-order valence-electron chi connectivity index (χ1n) is 6.96. The Labute approximate surface area is 152 Å². The molecular weight excluding hydrogens is 360 g/mol. The Morgan fingerprint density at radius 2 is 2.25 bits per heavy atom. The Hall–Kier alpha value is -2.23. The summed E-state index contributed by atoms with van der Waals surface area (Å²) >= 11 is 7.92. The molecule has 3 N–H and O–H groups in total. The second-order valence-electron chi connectivity index (χ2n) is 4.61. The number of nitrogens with zero attached hydrogens (tertiary/aromatic N) is 4. The van der Waals surface area contributed by atoms with Crippen LogP contribution >= 0.6 is 35.3 Å². The molecule has 0 fully saturated rings. The SMILES string of the molecule is C=CCSc1nn2c(/C=N/NC(N)=S)c(-c3ccccc3)nc2s1. The van der Waals surface area contributed by atoms with Crippen molar-refractivity contribution in [3.63, 3.8) is 0 Å². The lowest BCUT2D eigenvalue weighted by molar-refractivity contribution is 0.906. The molecule has 2 heterocycles. The van der Waals surface area contributed by atoms with E-state index >= 15 is 0 Å². The van der Waals surface area contributed by atoms with Gasteiger partial charge in [-0.2, -0.15) is 5.10 Å². The molecule has 1 aromatic carbocycles. The van der Waals surface area contributed by atoms with E-state index in [0.717, 1.165) is 32.0 Å². The molecule has 122 valence electrons. The summed E-state index contributed by atoms with van der Waals surface area (Å²) in [5, 5.41) is 8.76. The first kappa shape index (κ1) is 16.6. The van der Waals surface area contributed by atoms with Gasteiger partial charge in [0.25, 0.3) is 0 Å². The van der Waals surface area contributed by atoms with Gasteiger partial charge in [0, 0.05) is 11.3 Å². The molecule has 9 heteroatoms. The van der Waals surface area contributed by atoms with Crippen molar-refractivity contribution in [2.75, 3.05) is 5.75 Å². The third-order valence-corrected chi connectivity index (χ3v) is 5.08. The van der Waals surface area contributed by atoms with E-state index in [4.69, 9.17) is 22.9 Å². The second kappa shape index (κ2) is 7.56. The number of hydrogen-bond donors (Lipinski definition) is 2. The minimum atomic E-state index is 0.105. The maximum absolute atomic E-state index is 5.41. The van der Waals surface area contributed by atoms with Crippen LogP contribution in [0, 0.1) is 0 Å². The number of fused-ring (bicyclic) bond motifs is 1. The number of hydrogen-bond acceptors (Lipinski definition) is 6. The molecule has 0 aliphatic carbocycles. The number of thiocarbonyl (C=S) groups is 1. The van der Waals surface area contributed by atoms with Crippen LogP contribution in [0.15, 0.2) is 52.4 Å². The Bertz CT molecular complexity index is 897. The molecule has 0 saturated heterocycles. The van der Waals surface area contributed by atoms with E-state index in [9.17, 15) is 0 Å². The average Bonchev–Trinajstić information content (AvgIpc) is 3.12. The smallest absolute Gasteiger partial charge is 0.214 e. The van der Waals surface area contributed by atoms with E-state index < -0.39 is 0 Å². The molecule has 6 nitrogen and oxygen atoms in total. The molecule has 0 bridgehead atoms. The predicted octanol–water partition coefficient (Wildman–Crippen LogP) is 2.90. The normalized spacial score (nSPS) is 11.2. The van der Waals surface area contributed by atoms with Gasteiger partial charge in [-0.3, -0.25) is 5.43 Å². The van der Waals surface area contributed by atoms with Gasteiger partial charge in [-0.1, -0.05) is 59.5 Å². The number of hydrazone groups is 1. The van der Waals surface area contributed by atoms with Crippen LogP contribution in [-0.2, 0) is 0 Å². The van der Waals surface area contributed by atoms with Gasteiger partial charge in [0.1, 0.15) is 11.4 Å². The van der Waals surface area contributed by atoms with Crippen molar-refractivity contribution < 1.29 is 0 Å². The van der Waals surface area contributed by atoms with Gasteiger partial charge < -0.3 is 5.73 Å². The number of nitrogens with one attached hydrogen (secondary N) is 1. The summed E-state index contributed by atoms with van der Waals surface area (Å²) < 4.78 is 2.71. The minimum Gasteiger partial charge on any atom is -0.375 e. The maximum Gasteiger partial charge on any atom is 0.214 e. The van der Waals surface area contributed by atoms with Crippen molar-refractivity contribution in [1.29, 1.82) is 0 Å². The van der Waals surface area contributed by atoms with Gasteiger partial charge >= 0.3 is 0 Å². The molecule has 3 aromatic rings. The molecule has 0 saturated carbocycles. The van der Waals surface area contributed by atoms with Gasteiger partial charge in [-0.15, -0.1) is 11.7 Å². The topological polar surface area (TPSA) is 80.6 Å². The summed E-state index contributed by atoms with van der Waals surface area (Å²) in [5.41, 5.74) is 10.5. The van der Waals surface area contributed by atoms with E-state index in [1.54, 1.807) is 22.5 Å². The summed E-state index contributed by atoms with van der Waals surface area (Å²) in [6.45, 7) is 3.73. The molecule has 3 rings (SSSR count). The number of rotatable bonds is 6. The molecule has 0 atom stereocenters. The fraction of sp³-hybridized carbons (Fsp3) is 0.0667. The van der Waals surface area contributed by atoms with Crippen molar-refractivity contribution in [2.45, 2.75) is 4.34 Å². The van der Waals surface area contributed by atoms with Crippen LogP contribution in [0.3, 0.4) is 0 Å². The number of benzene rings is 1. The van der Waals surface area contributed by atoms with Crippen molar-refractivity contribution >= 4 is 51.6 Å². The number of imidazole rings is 1. The Morgan fingerprint density at radius 1 is 1.46 bits per heavy atom. The zero-order chi connectivity index (χ0) is 16.9. The van der Waals surface area contributed by atoms with E-state index in [2.05, 4.69) is 22.2 Å². The van der Waals surface area contributed by atoms with E-state index in [-0.39, 0.29) is 5.11 Å². The zero-order valence-electron chi connectivity index (χ0n) is 12.5. The number of aromatic nitrogens is 3. The van der Waals surface area contributed by atoms with Crippen LogP contribution in [-0.4, -0.2) is 31.7 Å². The first-order chi connectivity index (χ1) is 11.7. The van der Waals surface area contributed by atoms with Crippen molar-refractivity contribution in [1.82, 2.24) is 20.0 Å². The maximum atomic E-state index is 5.41. The predicted molar refractivity (Wildman–Crippen MR) is 105 cm³/mol. The third-order valence-electron chi connectivity index (χ3n) is 2.95.